The maximum absolute atomic E-state index is 13.0. The molecule has 5 nitrogen and oxygen atoms in total. The molecule has 130 valence electrons. The van der Waals surface area contributed by atoms with Crippen LogP contribution in [0.3, 0.4) is 0 Å². The number of aromatic nitrogens is 2. The van der Waals surface area contributed by atoms with E-state index in [1.165, 1.54) is 23.1 Å². The topological polar surface area (TPSA) is 88.8 Å². The van der Waals surface area contributed by atoms with Crippen molar-refractivity contribution in [1.82, 2.24) is 9.97 Å². The molecule has 0 bridgehead atoms. The fourth-order valence-electron chi connectivity index (χ4n) is 2.78. The van der Waals surface area contributed by atoms with E-state index in [0.29, 0.717) is 0 Å². The Morgan fingerprint density at radius 2 is 2.04 bits per heavy atom. The van der Waals surface area contributed by atoms with Crippen LogP contribution < -0.4 is 5.73 Å². The Morgan fingerprint density at radius 1 is 1.32 bits per heavy atom. The van der Waals surface area contributed by atoms with Crippen molar-refractivity contribution in [2.75, 3.05) is 0 Å². The van der Waals surface area contributed by atoms with Gasteiger partial charge < -0.3 is 10.7 Å². The molecule has 0 spiro atoms. The quantitative estimate of drug-likeness (QED) is 0.510. The number of ketones is 1. The number of aryl methyl sites for hydroxylation is 2. The van der Waals surface area contributed by atoms with E-state index in [9.17, 15) is 9.59 Å². The van der Waals surface area contributed by atoms with E-state index in [1.807, 2.05) is 45.0 Å². The molecule has 3 N–H and O–H groups in total. The highest BCUT2D eigenvalue weighted by Gasteiger charge is 2.23. The fraction of sp³-hybridized carbons (Fsp3) is 0.278. The molecule has 0 fully saturated rings. The zero-order valence-electron chi connectivity index (χ0n) is 14.3. The molecule has 0 saturated heterocycles. The first-order chi connectivity index (χ1) is 11.9. The maximum Gasteiger partial charge on any atom is 0.222 e. The Kier molecular flexibility index (Phi) is 4.96. The molecule has 0 unspecified atom stereocenters. The van der Waals surface area contributed by atoms with Crippen LogP contribution in [0.1, 0.15) is 33.5 Å². The van der Waals surface area contributed by atoms with Crippen molar-refractivity contribution < 1.29 is 9.59 Å². The van der Waals surface area contributed by atoms with E-state index in [-0.39, 0.29) is 23.4 Å². The first kappa shape index (κ1) is 17.7. The number of carbonyl (C=O) groups is 2. The van der Waals surface area contributed by atoms with Crippen LogP contribution in [0, 0.1) is 13.8 Å². The van der Waals surface area contributed by atoms with Crippen LogP contribution >= 0.6 is 23.1 Å². The van der Waals surface area contributed by atoms with Gasteiger partial charge in [0.15, 0.2) is 10.1 Å². The van der Waals surface area contributed by atoms with E-state index in [0.717, 1.165) is 37.1 Å². The second-order valence-corrected chi connectivity index (χ2v) is 8.60. The number of hydrogen-bond donors (Lipinski definition) is 2. The first-order valence-electron chi connectivity index (χ1n) is 7.89. The summed E-state index contributed by atoms with van der Waals surface area (Å²) in [5.41, 5.74) is 8.64. The first-order valence-corrected chi connectivity index (χ1v) is 9.59. The number of hydrogen-bond acceptors (Lipinski definition) is 5. The Hall–Kier alpha value is -2.12. The molecule has 1 amide bonds. The largest absolute Gasteiger partial charge is 0.369 e. The number of amides is 1. The molecule has 2 aromatic heterocycles. The molecular weight excluding hydrogens is 354 g/mol. The molecular formula is C18H19N3O2S2. The molecule has 3 rings (SSSR count). The lowest BCUT2D eigenvalue weighted by molar-refractivity contribution is -0.117. The predicted octanol–water partition coefficient (Wildman–Crippen LogP) is 3.63. The van der Waals surface area contributed by atoms with E-state index in [1.54, 1.807) is 0 Å². The average Bonchev–Trinajstić information content (AvgIpc) is 3.05. The van der Waals surface area contributed by atoms with Gasteiger partial charge in [-0.1, -0.05) is 30.0 Å². The number of thiazole rings is 1. The molecule has 2 heterocycles. The SMILES string of the molecule is Cc1nc(S[C@@H](C)C(=O)c2c(C)[nH]c3ccccc23)sc1CC(N)=O. The standard InChI is InChI=1S/C18H19N3O2S2/c1-9-14(8-15(19)22)25-18(21-9)24-11(3)17(23)16-10(2)20-13-7-5-4-6-12(13)16/h4-7,11,20H,8H2,1-3H3,(H2,19,22)/t11-/m0/s1. The molecule has 0 radical (unpaired) electrons. The number of carbonyl (C=O) groups excluding carboxylic acids is 2. The fourth-order valence-corrected chi connectivity index (χ4v) is 5.22. The highest BCUT2D eigenvalue weighted by molar-refractivity contribution is 8.02. The third-order valence-electron chi connectivity index (χ3n) is 3.99. The van der Waals surface area contributed by atoms with E-state index >= 15 is 0 Å². The lowest BCUT2D eigenvalue weighted by Crippen LogP contribution is -2.14. The number of thioether (sulfide) groups is 1. The van der Waals surface area contributed by atoms with Gasteiger partial charge in [0, 0.05) is 27.0 Å². The normalized spacial score (nSPS) is 12.4. The molecule has 0 aliphatic rings. The zero-order chi connectivity index (χ0) is 18.1. The van der Waals surface area contributed by atoms with Crippen molar-refractivity contribution in [1.29, 1.82) is 0 Å². The Labute approximate surface area is 154 Å². The van der Waals surface area contributed by atoms with E-state index in [4.69, 9.17) is 5.73 Å². The molecule has 3 aromatic rings. The van der Waals surface area contributed by atoms with Crippen LogP contribution in [0.15, 0.2) is 28.6 Å². The van der Waals surface area contributed by atoms with Crippen LogP contribution in [0.5, 0.6) is 0 Å². The van der Waals surface area contributed by atoms with Crippen molar-refractivity contribution >= 4 is 45.7 Å². The lowest BCUT2D eigenvalue weighted by atomic mass is 10.1. The van der Waals surface area contributed by atoms with Crippen LogP contribution in [0.2, 0.25) is 0 Å². The number of para-hydroxylation sites is 1. The minimum absolute atomic E-state index is 0.0734. The van der Waals surface area contributed by atoms with Gasteiger partial charge in [0.25, 0.3) is 0 Å². The number of aromatic amines is 1. The molecule has 0 saturated carbocycles. The summed E-state index contributed by atoms with van der Waals surface area (Å²) in [7, 11) is 0. The third-order valence-corrected chi connectivity index (χ3v) is 6.35. The van der Waals surface area contributed by atoms with Gasteiger partial charge in [0.2, 0.25) is 5.91 Å². The van der Waals surface area contributed by atoms with Gasteiger partial charge in [0.1, 0.15) is 0 Å². The number of benzene rings is 1. The van der Waals surface area contributed by atoms with E-state index in [2.05, 4.69) is 9.97 Å². The number of nitrogens with one attached hydrogen (secondary N) is 1. The van der Waals surface area contributed by atoms with Crippen LogP contribution in [0.25, 0.3) is 10.9 Å². The van der Waals surface area contributed by atoms with Gasteiger partial charge in [0.05, 0.1) is 17.4 Å². The summed E-state index contributed by atoms with van der Waals surface area (Å²) in [6.45, 7) is 5.66. The van der Waals surface area contributed by atoms with Gasteiger partial charge in [-0.25, -0.2) is 4.98 Å². The van der Waals surface area contributed by atoms with Gasteiger partial charge in [-0.2, -0.15) is 0 Å². The summed E-state index contributed by atoms with van der Waals surface area (Å²) in [5.74, 6) is -0.300. The second kappa shape index (κ2) is 7.01. The monoisotopic (exact) mass is 373 g/mol. The number of nitrogens with two attached hydrogens (primary N) is 1. The minimum atomic E-state index is -0.373. The van der Waals surface area contributed by atoms with Crippen LogP contribution in [-0.4, -0.2) is 26.9 Å². The lowest BCUT2D eigenvalue weighted by Gasteiger charge is -2.08. The Bertz CT molecular complexity index is 959. The highest BCUT2D eigenvalue weighted by atomic mass is 32.2. The summed E-state index contributed by atoms with van der Waals surface area (Å²) in [5, 5.41) is 0.673. The zero-order valence-corrected chi connectivity index (χ0v) is 15.9. The average molecular weight is 374 g/mol. The molecule has 25 heavy (non-hydrogen) atoms. The molecule has 1 aromatic carbocycles. The third kappa shape index (κ3) is 3.62. The number of nitrogens with zero attached hydrogens (tertiary/aromatic N) is 1. The Morgan fingerprint density at radius 3 is 2.76 bits per heavy atom. The number of rotatable bonds is 6. The van der Waals surface area contributed by atoms with Crippen LogP contribution in [-0.2, 0) is 11.2 Å². The predicted molar refractivity (Wildman–Crippen MR) is 102 cm³/mol. The maximum atomic E-state index is 13.0. The second-order valence-electron chi connectivity index (χ2n) is 5.93. The van der Waals surface area contributed by atoms with Gasteiger partial charge in [-0.05, 0) is 26.8 Å². The smallest absolute Gasteiger partial charge is 0.222 e. The minimum Gasteiger partial charge on any atom is -0.369 e. The number of primary amides is 1. The van der Waals surface area contributed by atoms with Gasteiger partial charge in [-0.3, -0.25) is 9.59 Å². The summed E-state index contributed by atoms with van der Waals surface area (Å²) < 4.78 is 0.784. The highest BCUT2D eigenvalue weighted by Crippen LogP contribution is 2.33. The number of H-pyrrole nitrogens is 1. The summed E-state index contributed by atoms with van der Waals surface area (Å²) in [6, 6.07) is 7.81. The van der Waals surface area contributed by atoms with Crippen molar-refractivity contribution in [2.45, 2.75) is 36.8 Å². The number of Topliss-reactive ketones (excluding diaryl/α,β-unsaturated/α-hetero) is 1. The number of fused-ring (bicyclic) bond motifs is 1. The summed E-state index contributed by atoms with van der Waals surface area (Å²) >= 11 is 2.85. The molecule has 0 aliphatic heterocycles. The molecule has 0 aliphatic carbocycles. The van der Waals surface area contributed by atoms with Crippen molar-refractivity contribution in [3.8, 4) is 0 Å². The van der Waals surface area contributed by atoms with Crippen molar-refractivity contribution in [3.05, 3.63) is 46.1 Å². The van der Waals surface area contributed by atoms with Crippen molar-refractivity contribution in [2.24, 2.45) is 5.73 Å². The van der Waals surface area contributed by atoms with Gasteiger partial charge in [-0.15, -0.1) is 11.3 Å². The van der Waals surface area contributed by atoms with Crippen LogP contribution in [0.4, 0.5) is 0 Å². The summed E-state index contributed by atoms with van der Waals surface area (Å²) in [6.07, 6.45) is 0.188. The summed E-state index contributed by atoms with van der Waals surface area (Å²) in [4.78, 5) is 32.7. The molecule has 1 atom stereocenters. The Balaban J connectivity index is 1.83. The van der Waals surface area contributed by atoms with Crippen molar-refractivity contribution in [3.63, 3.8) is 0 Å². The molecule has 7 heteroatoms. The van der Waals surface area contributed by atoms with E-state index < -0.39 is 0 Å². The van der Waals surface area contributed by atoms with Gasteiger partial charge >= 0.3 is 0 Å².